The minimum Gasteiger partial charge on any atom is -0.496 e. The molecule has 136 valence electrons. The van der Waals surface area contributed by atoms with Crippen LogP contribution in [0.15, 0.2) is 30.3 Å². The summed E-state index contributed by atoms with van der Waals surface area (Å²) < 4.78 is 34.5. The first-order valence-corrected chi connectivity index (χ1v) is 8.85. The van der Waals surface area contributed by atoms with Crippen LogP contribution in [0.5, 0.6) is 5.75 Å². The van der Waals surface area contributed by atoms with E-state index in [4.69, 9.17) is 16.3 Å². The summed E-state index contributed by atoms with van der Waals surface area (Å²) in [6.07, 6.45) is 1.45. The number of rotatable bonds is 3. The summed E-state index contributed by atoms with van der Waals surface area (Å²) in [5.74, 6) is -1.04. The molecule has 1 unspecified atom stereocenters. The molecule has 1 aliphatic rings. The Hall–Kier alpha value is -2.11. The van der Waals surface area contributed by atoms with Gasteiger partial charge in [0.25, 0.3) is 0 Å². The monoisotopic (exact) mass is 377 g/mol. The van der Waals surface area contributed by atoms with E-state index in [1.807, 2.05) is 10.6 Å². The summed E-state index contributed by atoms with van der Waals surface area (Å²) >= 11 is 6.50. The quantitative estimate of drug-likeness (QED) is 0.730. The third-order valence-corrected chi connectivity index (χ3v) is 5.34. The molecular weight excluding hydrogens is 360 g/mol. The summed E-state index contributed by atoms with van der Waals surface area (Å²) in [5.41, 5.74) is 3.52. The predicted molar refractivity (Wildman–Crippen MR) is 97.0 cm³/mol. The van der Waals surface area contributed by atoms with Crippen molar-refractivity contribution in [3.63, 3.8) is 0 Å². The van der Waals surface area contributed by atoms with Gasteiger partial charge in [-0.2, -0.15) is 0 Å². The van der Waals surface area contributed by atoms with Crippen LogP contribution >= 0.6 is 11.6 Å². The van der Waals surface area contributed by atoms with Gasteiger partial charge in [0, 0.05) is 24.0 Å². The van der Waals surface area contributed by atoms with Gasteiger partial charge in [-0.15, -0.1) is 0 Å². The normalized spacial score (nSPS) is 16.7. The van der Waals surface area contributed by atoms with Crippen molar-refractivity contribution in [1.82, 2.24) is 4.57 Å². The van der Waals surface area contributed by atoms with Gasteiger partial charge in [0.2, 0.25) is 0 Å². The number of aromatic nitrogens is 1. The fourth-order valence-corrected chi connectivity index (χ4v) is 4.12. The molecule has 1 atom stereocenters. The summed E-state index contributed by atoms with van der Waals surface area (Å²) in [7, 11) is 1.60. The molecule has 0 saturated heterocycles. The van der Waals surface area contributed by atoms with Crippen LogP contribution in [-0.4, -0.2) is 22.9 Å². The van der Waals surface area contributed by atoms with Crippen molar-refractivity contribution in [2.24, 2.45) is 0 Å². The lowest BCUT2D eigenvalue weighted by molar-refractivity contribution is 0.158. The highest BCUT2D eigenvalue weighted by Crippen LogP contribution is 2.41. The van der Waals surface area contributed by atoms with Crippen molar-refractivity contribution in [2.45, 2.75) is 31.9 Å². The molecule has 3 aromatic rings. The van der Waals surface area contributed by atoms with Crippen LogP contribution in [0, 0.1) is 11.6 Å². The molecule has 1 aliphatic carbocycles. The Morgan fingerprint density at radius 1 is 1.23 bits per heavy atom. The molecule has 1 heterocycles. The van der Waals surface area contributed by atoms with E-state index in [2.05, 4.69) is 0 Å². The van der Waals surface area contributed by atoms with Crippen molar-refractivity contribution in [2.75, 3.05) is 7.11 Å². The largest absolute Gasteiger partial charge is 0.496 e. The highest BCUT2D eigenvalue weighted by atomic mass is 35.5. The number of methoxy groups -OCH3 is 1. The zero-order chi connectivity index (χ0) is 18.4. The first kappa shape index (κ1) is 17.3. The average Bonchev–Trinajstić information content (AvgIpc) is 2.93. The number of aliphatic hydroxyl groups is 1. The van der Waals surface area contributed by atoms with Gasteiger partial charge in [-0.3, -0.25) is 0 Å². The molecule has 26 heavy (non-hydrogen) atoms. The predicted octanol–water partition coefficient (Wildman–Crippen LogP) is 4.48. The van der Waals surface area contributed by atoms with E-state index in [9.17, 15) is 13.9 Å². The minimum absolute atomic E-state index is 0.367. The Labute approximate surface area is 154 Å². The Balaban J connectivity index is 1.95. The number of fused-ring (bicyclic) bond motifs is 3. The molecule has 1 aromatic heterocycles. The van der Waals surface area contributed by atoms with E-state index in [0.29, 0.717) is 42.1 Å². The Morgan fingerprint density at radius 2 is 2.04 bits per heavy atom. The second-order valence-electron chi connectivity index (χ2n) is 6.63. The standard InChI is InChI=1S/C20H18ClF2NO2/c1-26-18-7-4-14(21)20-19(18)13-9-12(25)3-6-17(13)24(20)10-11-2-5-15(22)16(23)8-11/h2,4-5,7-8,12,25H,3,6,9-10H2,1H3. The fraction of sp³-hybridized carbons (Fsp3) is 0.300. The van der Waals surface area contributed by atoms with Crippen molar-refractivity contribution >= 4 is 22.5 Å². The lowest BCUT2D eigenvalue weighted by atomic mass is 9.93. The molecule has 6 heteroatoms. The van der Waals surface area contributed by atoms with Crippen molar-refractivity contribution < 1.29 is 18.6 Å². The van der Waals surface area contributed by atoms with Crippen LogP contribution in [0.25, 0.3) is 10.9 Å². The van der Waals surface area contributed by atoms with Crippen molar-refractivity contribution in [3.8, 4) is 5.75 Å². The van der Waals surface area contributed by atoms with E-state index in [1.165, 1.54) is 6.07 Å². The highest BCUT2D eigenvalue weighted by molar-refractivity contribution is 6.35. The Kier molecular flexibility index (Phi) is 4.37. The molecule has 0 spiro atoms. The molecule has 4 rings (SSSR count). The van der Waals surface area contributed by atoms with Gasteiger partial charge in [-0.1, -0.05) is 17.7 Å². The van der Waals surface area contributed by atoms with Gasteiger partial charge in [0.05, 0.1) is 23.8 Å². The maximum Gasteiger partial charge on any atom is 0.159 e. The maximum atomic E-state index is 13.6. The first-order valence-electron chi connectivity index (χ1n) is 8.48. The number of aliphatic hydroxyl groups excluding tert-OH is 1. The molecular formula is C20H18ClF2NO2. The SMILES string of the molecule is COc1ccc(Cl)c2c1c1c(n2Cc2ccc(F)c(F)c2)CCC(O)C1. The van der Waals surface area contributed by atoms with Crippen LogP contribution in [-0.2, 0) is 19.4 Å². The Morgan fingerprint density at radius 3 is 2.77 bits per heavy atom. The smallest absolute Gasteiger partial charge is 0.159 e. The zero-order valence-electron chi connectivity index (χ0n) is 14.2. The number of benzene rings is 2. The van der Waals surface area contributed by atoms with Gasteiger partial charge in [0.1, 0.15) is 5.75 Å². The lowest BCUT2D eigenvalue weighted by Gasteiger charge is -2.20. The highest BCUT2D eigenvalue weighted by Gasteiger charge is 2.27. The number of ether oxygens (including phenoxy) is 1. The number of nitrogens with zero attached hydrogens (tertiary/aromatic N) is 1. The van der Waals surface area contributed by atoms with Crippen LogP contribution in [0.4, 0.5) is 8.78 Å². The fourth-order valence-electron chi connectivity index (χ4n) is 3.86. The lowest BCUT2D eigenvalue weighted by Crippen LogP contribution is -2.20. The average molecular weight is 378 g/mol. The van der Waals surface area contributed by atoms with E-state index in [1.54, 1.807) is 19.2 Å². The summed E-state index contributed by atoms with van der Waals surface area (Å²) in [4.78, 5) is 0. The maximum absolute atomic E-state index is 13.6. The van der Waals surface area contributed by atoms with Crippen molar-refractivity contribution in [1.29, 1.82) is 0 Å². The molecule has 2 aromatic carbocycles. The number of hydrogen-bond acceptors (Lipinski definition) is 2. The molecule has 0 amide bonds. The molecule has 1 N–H and O–H groups in total. The van der Waals surface area contributed by atoms with Gasteiger partial charge < -0.3 is 14.4 Å². The zero-order valence-corrected chi connectivity index (χ0v) is 15.0. The third-order valence-electron chi connectivity index (χ3n) is 5.04. The summed E-state index contributed by atoms with van der Waals surface area (Å²) in [5, 5.41) is 11.6. The van der Waals surface area contributed by atoms with Gasteiger partial charge in [0.15, 0.2) is 11.6 Å². The van der Waals surface area contributed by atoms with Crippen LogP contribution in [0.2, 0.25) is 5.02 Å². The van der Waals surface area contributed by atoms with Crippen LogP contribution in [0.3, 0.4) is 0 Å². The Bertz CT molecular complexity index is 999. The molecule has 0 aliphatic heterocycles. The molecule has 0 fully saturated rings. The second-order valence-corrected chi connectivity index (χ2v) is 7.04. The van der Waals surface area contributed by atoms with E-state index in [-0.39, 0.29) is 0 Å². The first-order chi connectivity index (χ1) is 12.5. The molecule has 0 bridgehead atoms. The number of halogens is 3. The van der Waals surface area contributed by atoms with Crippen LogP contribution in [0.1, 0.15) is 23.2 Å². The van der Waals surface area contributed by atoms with E-state index >= 15 is 0 Å². The molecule has 3 nitrogen and oxygen atoms in total. The molecule has 0 radical (unpaired) electrons. The summed E-state index contributed by atoms with van der Waals surface area (Å²) in [6.45, 7) is 0.367. The van der Waals surface area contributed by atoms with Gasteiger partial charge >= 0.3 is 0 Å². The van der Waals surface area contributed by atoms with Gasteiger partial charge in [-0.25, -0.2) is 8.78 Å². The number of hydrogen-bond donors (Lipinski definition) is 1. The summed E-state index contributed by atoms with van der Waals surface area (Å²) in [6, 6.07) is 7.50. The topological polar surface area (TPSA) is 34.4 Å². The minimum atomic E-state index is -0.869. The van der Waals surface area contributed by atoms with E-state index in [0.717, 1.165) is 28.2 Å². The van der Waals surface area contributed by atoms with E-state index < -0.39 is 17.7 Å². The molecule has 0 saturated carbocycles. The van der Waals surface area contributed by atoms with Gasteiger partial charge in [-0.05, 0) is 48.2 Å². The third kappa shape index (κ3) is 2.75. The second kappa shape index (κ2) is 6.56. The van der Waals surface area contributed by atoms with Crippen molar-refractivity contribution in [3.05, 3.63) is 63.8 Å². The van der Waals surface area contributed by atoms with Crippen LogP contribution < -0.4 is 4.74 Å².